The maximum Gasteiger partial charge on any atom is 0.307 e. The van der Waals surface area contributed by atoms with Gasteiger partial charge in [-0.15, -0.1) is 0 Å². The summed E-state index contributed by atoms with van der Waals surface area (Å²) in [4.78, 5) is 12.2. The number of aliphatic carboxylic acids is 1. The minimum absolute atomic E-state index is 0.0117. The first-order chi connectivity index (χ1) is 14.1. The fourth-order valence-corrected chi connectivity index (χ4v) is 3.56. The van der Waals surface area contributed by atoms with Crippen molar-refractivity contribution in [3.63, 3.8) is 0 Å². The van der Waals surface area contributed by atoms with Crippen LogP contribution in [0.1, 0.15) is 12.0 Å². The molecule has 0 saturated carbocycles. The van der Waals surface area contributed by atoms with Gasteiger partial charge >= 0.3 is 5.97 Å². The molecule has 1 fully saturated rings. The van der Waals surface area contributed by atoms with Gasteiger partial charge in [-0.3, -0.25) is 4.79 Å². The van der Waals surface area contributed by atoms with E-state index in [2.05, 4.69) is 0 Å². The van der Waals surface area contributed by atoms with Crippen LogP contribution in [0.5, 0.6) is 5.75 Å². The van der Waals surface area contributed by atoms with Gasteiger partial charge in [-0.2, -0.15) is 0 Å². The molecule has 0 amide bonds. The summed E-state index contributed by atoms with van der Waals surface area (Å²) < 4.78 is 47.2. The second-order valence-corrected chi connectivity index (χ2v) is 7.58. The highest BCUT2D eigenvalue weighted by Gasteiger charge is 2.42. The van der Waals surface area contributed by atoms with E-state index in [1.165, 1.54) is 11.0 Å². The lowest BCUT2D eigenvalue weighted by Crippen LogP contribution is -2.58. The number of nitrogens with zero attached hydrogens (tertiary/aromatic N) is 1. The first kappa shape index (κ1) is 22.2. The van der Waals surface area contributed by atoms with Crippen molar-refractivity contribution in [2.45, 2.75) is 24.5 Å². The van der Waals surface area contributed by atoms with Crippen molar-refractivity contribution < 1.29 is 38.0 Å². The molecule has 0 spiro atoms. The van der Waals surface area contributed by atoms with Crippen LogP contribution in [0.4, 0.5) is 18.9 Å². The second kappa shape index (κ2) is 8.71. The fourth-order valence-electron chi connectivity index (χ4n) is 3.37. The molecule has 1 heterocycles. The van der Waals surface area contributed by atoms with E-state index in [1.807, 2.05) is 0 Å². The SMILES string of the molecule is O=C(O)Cc1cc(F)ccc1OC[C@]1(O)CCN(c2c(F)cc(Cl)cc2F)C[C@H]1O. The predicted octanol–water partition coefficient (Wildman–Crippen LogP) is 2.77. The Kier molecular flexibility index (Phi) is 6.44. The number of carboxylic acid groups (broad SMARTS) is 1. The molecule has 2 aromatic carbocycles. The molecular weight excluding hydrogens is 427 g/mol. The maximum atomic E-state index is 14.2. The number of piperidine rings is 1. The number of halogens is 4. The van der Waals surface area contributed by atoms with E-state index in [9.17, 15) is 28.2 Å². The average molecular weight is 446 g/mol. The van der Waals surface area contributed by atoms with Crippen LogP contribution in [0.3, 0.4) is 0 Å². The highest BCUT2D eigenvalue weighted by atomic mass is 35.5. The molecule has 0 radical (unpaired) electrons. The summed E-state index contributed by atoms with van der Waals surface area (Å²) in [6.45, 7) is -0.690. The lowest BCUT2D eigenvalue weighted by Gasteiger charge is -2.42. The summed E-state index contributed by atoms with van der Waals surface area (Å²) in [6.07, 6.45) is -2.01. The predicted molar refractivity (Wildman–Crippen MR) is 102 cm³/mol. The van der Waals surface area contributed by atoms with E-state index in [0.29, 0.717) is 0 Å². The smallest absolute Gasteiger partial charge is 0.307 e. The lowest BCUT2D eigenvalue weighted by atomic mass is 9.89. The molecule has 0 unspecified atom stereocenters. The molecule has 0 bridgehead atoms. The van der Waals surface area contributed by atoms with Gasteiger partial charge < -0.3 is 25.0 Å². The van der Waals surface area contributed by atoms with Crippen LogP contribution < -0.4 is 9.64 Å². The summed E-state index contributed by atoms with van der Waals surface area (Å²) in [5.74, 6) is -3.56. The summed E-state index contributed by atoms with van der Waals surface area (Å²) in [7, 11) is 0. The van der Waals surface area contributed by atoms with Crippen molar-refractivity contribution in [1.29, 1.82) is 0 Å². The average Bonchev–Trinajstić information content (AvgIpc) is 2.63. The monoisotopic (exact) mass is 445 g/mol. The van der Waals surface area contributed by atoms with Crippen LogP contribution in [-0.4, -0.2) is 52.7 Å². The molecule has 0 aliphatic carbocycles. The third-order valence-electron chi connectivity index (χ3n) is 4.97. The Morgan fingerprint density at radius 1 is 1.23 bits per heavy atom. The molecule has 3 N–H and O–H groups in total. The van der Waals surface area contributed by atoms with E-state index < -0.39 is 48.2 Å². The van der Waals surface area contributed by atoms with Gasteiger partial charge in [0.2, 0.25) is 0 Å². The molecule has 1 aliphatic heterocycles. The number of hydrogen-bond acceptors (Lipinski definition) is 5. The second-order valence-electron chi connectivity index (χ2n) is 7.14. The van der Waals surface area contributed by atoms with Gasteiger partial charge in [0, 0.05) is 23.7 Å². The van der Waals surface area contributed by atoms with Crippen LogP contribution in [0.25, 0.3) is 0 Å². The number of β-amino-alcohol motifs (C(OH)–C–C–N with tert-alkyl or cyclic N) is 1. The van der Waals surface area contributed by atoms with Gasteiger partial charge in [0.1, 0.15) is 35.6 Å². The van der Waals surface area contributed by atoms with E-state index in [4.69, 9.17) is 21.4 Å². The van der Waals surface area contributed by atoms with Gasteiger partial charge in [-0.1, -0.05) is 11.6 Å². The largest absolute Gasteiger partial charge is 0.490 e. The number of anilines is 1. The highest BCUT2D eigenvalue weighted by molar-refractivity contribution is 6.30. The molecule has 2 atom stereocenters. The van der Waals surface area contributed by atoms with Gasteiger partial charge in [-0.25, -0.2) is 13.2 Å². The van der Waals surface area contributed by atoms with Crippen molar-refractivity contribution in [2.75, 3.05) is 24.6 Å². The lowest BCUT2D eigenvalue weighted by molar-refractivity contribution is -0.136. The van der Waals surface area contributed by atoms with Crippen LogP contribution >= 0.6 is 11.6 Å². The van der Waals surface area contributed by atoms with Crippen molar-refractivity contribution >= 4 is 23.3 Å². The molecule has 1 saturated heterocycles. The Balaban J connectivity index is 1.72. The summed E-state index contributed by atoms with van der Waals surface area (Å²) in [5, 5.41) is 30.1. The number of rotatable bonds is 6. The summed E-state index contributed by atoms with van der Waals surface area (Å²) in [6, 6.07) is 5.23. The van der Waals surface area contributed by atoms with Crippen LogP contribution in [0.2, 0.25) is 5.02 Å². The van der Waals surface area contributed by atoms with Crippen molar-refractivity contribution in [1.82, 2.24) is 0 Å². The topological polar surface area (TPSA) is 90.2 Å². The fraction of sp³-hybridized carbons (Fsp3) is 0.350. The molecule has 1 aliphatic rings. The molecule has 2 aromatic rings. The highest BCUT2D eigenvalue weighted by Crippen LogP contribution is 2.33. The van der Waals surface area contributed by atoms with Gasteiger partial charge in [0.05, 0.1) is 6.42 Å². The van der Waals surface area contributed by atoms with E-state index in [1.54, 1.807) is 0 Å². The van der Waals surface area contributed by atoms with E-state index in [-0.39, 0.29) is 41.5 Å². The first-order valence-corrected chi connectivity index (χ1v) is 9.40. The zero-order valence-electron chi connectivity index (χ0n) is 15.6. The van der Waals surface area contributed by atoms with Crippen molar-refractivity contribution in [3.8, 4) is 5.75 Å². The molecule has 162 valence electrons. The van der Waals surface area contributed by atoms with Crippen LogP contribution in [-0.2, 0) is 11.2 Å². The number of ether oxygens (including phenoxy) is 1. The van der Waals surface area contributed by atoms with Gasteiger partial charge in [0.25, 0.3) is 0 Å². The Hall–Kier alpha value is -2.49. The molecular formula is C20H19ClF3NO5. The van der Waals surface area contributed by atoms with Gasteiger partial charge in [-0.05, 0) is 36.8 Å². The summed E-state index contributed by atoms with van der Waals surface area (Å²) >= 11 is 5.62. The molecule has 3 rings (SSSR count). The third kappa shape index (κ3) is 4.80. The maximum absolute atomic E-state index is 14.2. The normalized spacial score (nSPS) is 21.5. The zero-order chi connectivity index (χ0) is 22.1. The Labute approximate surface area is 175 Å². The summed E-state index contributed by atoms with van der Waals surface area (Å²) in [5.41, 5.74) is -2.04. The number of aliphatic hydroxyl groups is 2. The third-order valence-corrected chi connectivity index (χ3v) is 5.19. The standard InChI is InChI=1S/C20H19ClF3NO5/c21-12-7-14(23)19(15(24)8-12)25-4-3-20(29,17(26)9-25)10-30-16-2-1-13(22)5-11(16)6-18(27)28/h1-2,5,7-8,17,26,29H,3-4,6,9-10H2,(H,27,28)/t17-,20-/m1/s1. The van der Waals surface area contributed by atoms with E-state index >= 15 is 0 Å². The Morgan fingerprint density at radius 3 is 2.50 bits per heavy atom. The van der Waals surface area contributed by atoms with E-state index in [0.717, 1.165) is 24.3 Å². The number of benzene rings is 2. The molecule has 30 heavy (non-hydrogen) atoms. The van der Waals surface area contributed by atoms with Crippen LogP contribution in [0.15, 0.2) is 30.3 Å². The number of aliphatic hydroxyl groups excluding tert-OH is 1. The Bertz CT molecular complexity index is 937. The number of hydrogen-bond donors (Lipinski definition) is 3. The number of carbonyl (C=O) groups is 1. The van der Waals surface area contributed by atoms with Crippen molar-refractivity contribution in [2.24, 2.45) is 0 Å². The molecule has 6 nitrogen and oxygen atoms in total. The van der Waals surface area contributed by atoms with Crippen molar-refractivity contribution in [3.05, 3.63) is 58.4 Å². The minimum Gasteiger partial charge on any atom is -0.490 e. The zero-order valence-corrected chi connectivity index (χ0v) is 16.4. The number of carboxylic acids is 1. The van der Waals surface area contributed by atoms with Gasteiger partial charge in [0.15, 0.2) is 11.6 Å². The van der Waals surface area contributed by atoms with Crippen LogP contribution in [0, 0.1) is 17.5 Å². The quantitative estimate of drug-likeness (QED) is 0.633. The minimum atomic E-state index is -1.76. The molecule has 10 heteroatoms. The Morgan fingerprint density at radius 2 is 1.90 bits per heavy atom. The first-order valence-electron chi connectivity index (χ1n) is 9.02. The molecule has 0 aromatic heterocycles.